The fourth-order valence-electron chi connectivity index (χ4n) is 3.63. The van der Waals surface area contributed by atoms with E-state index in [1.807, 2.05) is 54.6 Å². The summed E-state index contributed by atoms with van der Waals surface area (Å²) >= 11 is 0. The zero-order valence-electron chi connectivity index (χ0n) is 15.6. The van der Waals surface area contributed by atoms with Crippen molar-refractivity contribution in [3.05, 3.63) is 99.9 Å². The molecule has 4 nitrogen and oxygen atoms in total. The highest BCUT2D eigenvalue weighted by molar-refractivity contribution is 6.10. The smallest absolute Gasteiger partial charge is 0.336 e. The molecular formula is C25H15NO3. The van der Waals surface area contributed by atoms with E-state index in [0.717, 1.165) is 16.5 Å². The summed E-state index contributed by atoms with van der Waals surface area (Å²) in [6, 6.07) is 22.0. The van der Waals surface area contributed by atoms with Crippen LogP contribution in [0.3, 0.4) is 0 Å². The number of rotatable bonds is 1. The van der Waals surface area contributed by atoms with Crippen molar-refractivity contribution in [2.24, 2.45) is 0 Å². The standard InChI is InChI=1S/C25H15NO3/c1-26-22-14-21-20(16-7-3-2-4-8-16)15-24(27)29-23(21)13-18(22)12-11-17-9-5-6-10-19(17)25(26)28/h2-10,13-15H,1H3. The molecule has 3 aromatic carbocycles. The molecule has 0 atom stereocenters. The molecule has 138 valence electrons. The van der Waals surface area contributed by atoms with E-state index in [1.54, 1.807) is 24.1 Å². The lowest BCUT2D eigenvalue weighted by Crippen LogP contribution is -2.28. The predicted molar refractivity (Wildman–Crippen MR) is 113 cm³/mol. The average molecular weight is 377 g/mol. The van der Waals surface area contributed by atoms with Gasteiger partial charge in [-0.1, -0.05) is 54.3 Å². The summed E-state index contributed by atoms with van der Waals surface area (Å²) in [6.07, 6.45) is 0. The summed E-state index contributed by atoms with van der Waals surface area (Å²) in [4.78, 5) is 26.9. The fraction of sp³-hybridized carbons (Fsp3) is 0.0400. The molecule has 0 fully saturated rings. The number of benzene rings is 3. The highest BCUT2D eigenvalue weighted by Crippen LogP contribution is 2.33. The Kier molecular flexibility index (Phi) is 3.82. The lowest BCUT2D eigenvalue weighted by Gasteiger charge is -2.22. The number of hydrogen-bond acceptors (Lipinski definition) is 3. The first-order valence-corrected chi connectivity index (χ1v) is 9.18. The number of fused-ring (bicyclic) bond motifs is 3. The van der Waals surface area contributed by atoms with Crippen molar-refractivity contribution in [3.63, 3.8) is 0 Å². The Morgan fingerprint density at radius 2 is 1.52 bits per heavy atom. The van der Waals surface area contributed by atoms with Gasteiger partial charge >= 0.3 is 5.63 Å². The maximum atomic E-state index is 13.1. The predicted octanol–water partition coefficient (Wildman–Crippen LogP) is 4.45. The van der Waals surface area contributed by atoms with Crippen LogP contribution >= 0.6 is 0 Å². The Morgan fingerprint density at radius 1 is 0.793 bits per heavy atom. The molecule has 4 heteroatoms. The van der Waals surface area contributed by atoms with Crippen molar-refractivity contribution in [1.29, 1.82) is 0 Å². The van der Waals surface area contributed by atoms with Gasteiger partial charge in [0.15, 0.2) is 0 Å². The van der Waals surface area contributed by atoms with E-state index in [2.05, 4.69) is 11.8 Å². The molecule has 2 heterocycles. The number of amides is 1. The molecule has 0 N–H and O–H groups in total. The molecule has 0 aliphatic carbocycles. The molecule has 0 spiro atoms. The third kappa shape index (κ3) is 2.81. The van der Waals surface area contributed by atoms with Gasteiger partial charge in [-0.2, -0.15) is 0 Å². The monoisotopic (exact) mass is 377 g/mol. The fourth-order valence-corrected chi connectivity index (χ4v) is 3.63. The van der Waals surface area contributed by atoms with Gasteiger partial charge in [0.05, 0.1) is 16.8 Å². The second-order valence-electron chi connectivity index (χ2n) is 6.87. The molecule has 1 aliphatic rings. The first-order valence-electron chi connectivity index (χ1n) is 9.18. The van der Waals surface area contributed by atoms with Crippen LogP contribution < -0.4 is 10.5 Å². The molecular weight excluding hydrogens is 362 g/mol. The second kappa shape index (κ2) is 6.50. The van der Waals surface area contributed by atoms with Crippen LogP contribution in [0.2, 0.25) is 0 Å². The normalized spacial score (nSPS) is 12.4. The molecule has 1 aromatic heterocycles. The maximum absolute atomic E-state index is 13.1. The van der Waals surface area contributed by atoms with Gasteiger partial charge in [-0.15, -0.1) is 0 Å². The van der Waals surface area contributed by atoms with Gasteiger partial charge in [0.1, 0.15) is 5.58 Å². The lowest BCUT2D eigenvalue weighted by molar-refractivity contribution is 0.0992. The average Bonchev–Trinajstić information content (AvgIpc) is 2.75. The Hall–Kier alpha value is -4.10. The summed E-state index contributed by atoms with van der Waals surface area (Å²) in [7, 11) is 1.73. The first kappa shape index (κ1) is 17.0. The van der Waals surface area contributed by atoms with Gasteiger partial charge in [-0.3, -0.25) is 4.79 Å². The van der Waals surface area contributed by atoms with E-state index in [9.17, 15) is 9.59 Å². The van der Waals surface area contributed by atoms with Crippen molar-refractivity contribution in [2.75, 3.05) is 11.9 Å². The zero-order chi connectivity index (χ0) is 20.0. The topological polar surface area (TPSA) is 50.5 Å². The molecule has 0 saturated heterocycles. The largest absolute Gasteiger partial charge is 0.423 e. The van der Waals surface area contributed by atoms with Crippen LogP contribution in [0.5, 0.6) is 0 Å². The molecule has 0 saturated carbocycles. The highest BCUT2D eigenvalue weighted by Gasteiger charge is 2.22. The second-order valence-corrected chi connectivity index (χ2v) is 6.87. The van der Waals surface area contributed by atoms with Crippen LogP contribution in [0, 0.1) is 11.8 Å². The van der Waals surface area contributed by atoms with Crippen LogP contribution in [0.25, 0.3) is 22.1 Å². The Balaban J connectivity index is 1.82. The highest BCUT2D eigenvalue weighted by atomic mass is 16.4. The third-order valence-corrected chi connectivity index (χ3v) is 5.10. The van der Waals surface area contributed by atoms with Crippen molar-refractivity contribution in [2.45, 2.75) is 0 Å². The summed E-state index contributed by atoms with van der Waals surface area (Å²) < 4.78 is 5.47. The van der Waals surface area contributed by atoms with E-state index < -0.39 is 5.63 Å². The van der Waals surface area contributed by atoms with Gasteiger partial charge in [0.25, 0.3) is 5.91 Å². The molecule has 4 aromatic rings. The zero-order valence-corrected chi connectivity index (χ0v) is 15.6. The van der Waals surface area contributed by atoms with Crippen molar-refractivity contribution < 1.29 is 9.21 Å². The Morgan fingerprint density at radius 3 is 2.34 bits per heavy atom. The third-order valence-electron chi connectivity index (χ3n) is 5.10. The Labute approximate surface area is 167 Å². The number of carbonyl (C=O) groups excluding carboxylic acids is 1. The summed E-state index contributed by atoms with van der Waals surface area (Å²) in [5, 5.41) is 0.754. The van der Waals surface area contributed by atoms with Gasteiger partial charge in [-0.25, -0.2) is 4.79 Å². The molecule has 0 radical (unpaired) electrons. The number of hydrogen-bond donors (Lipinski definition) is 0. The van der Waals surface area contributed by atoms with E-state index in [1.165, 1.54) is 6.07 Å². The first-order chi connectivity index (χ1) is 14.1. The summed E-state index contributed by atoms with van der Waals surface area (Å²) in [5.74, 6) is 6.09. The van der Waals surface area contributed by atoms with Crippen LogP contribution in [-0.4, -0.2) is 13.0 Å². The van der Waals surface area contributed by atoms with Gasteiger partial charge in [0, 0.05) is 24.1 Å². The van der Waals surface area contributed by atoms with Crippen LogP contribution in [0.15, 0.2) is 82.0 Å². The van der Waals surface area contributed by atoms with Gasteiger partial charge in [0.2, 0.25) is 0 Å². The van der Waals surface area contributed by atoms with E-state index in [4.69, 9.17) is 4.42 Å². The molecule has 29 heavy (non-hydrogen) atoms. The molecule has 1 amide bonds. The molecule has 0 bridgehead atoms. The molecule has 5 rings (SSSR count). The SMILES string of the molecule is CN1C(=O)c2ccccc2C#Cc2cc3oc(=O)cc(-c4ccccc4)c3cc21. The number of anilines is 1. The minimum atomic E-state index is -0.426. The molecule has 0 unspecified atom stereocenters. The lowest BCUT2D eigenvalue weighted by atomic mass is 9.98. The van der Waals surface area contributed by atoms with Crippen molar-refractivity contribution in [1.82, 2.24) is 0 Å². The van der Waals surface area contributed by atoms with E-state index in [0.29, 0.717) is 28.0 Å². The van der Waals surface area contributed by atoms with Crippen LogP contribution in [0.1, 0.15) is 21.5 Å². The van der Waals surface area contributed by atoms with Crippen LogP contribution in [0.4, 0.5) is 5.69 Å². The minimum absolute atomic E-state index is 0.131. The summed E-state index contributed by atoms with van der Waals surface area (Å²) in [6.45, 7) is 0. The number of carbonyl (C=O) groups is 1. The summed E-state index contributed by atoms with van der Waals surface area (Å²) in [5.41, 5.74) is 4.24. The maximum Gasteiger partial charge on any atom is 0.336 e. The molecule has 1 aliphatic heterocycles. The van der Waals surface area contributed by atoms with E-state index >= 15 is 0 Å². The van der Waals surface area contributed by atoms with Crippen molar-refractivity contribution >= 4 is 22.6 Å². The quantitative estimate of drug-likeness (QED) is 0.364. The number of nitrogens with zero attached hydrogens (tertiary/aromatic N) is 1. The van der Waals surface area contributed by atoms with E-state index in [-0.39, 0.29) is 5.91 Å². The van der Waals surface area contributed by atoms with Gasteiger partial charge in [-0.05, 0) is 35.4 Å². The Bertz CT molecular complexity index is 1410. The van der Waals surface area contributed by atoms with Crippen LogP contribution in [-0.2, 0) is 0 Å². The van der Waals surface area contributed by atoms with Gasteiger partial charge < -0.3 is 9.32 Å². The van der Waals surface area contributed by atoms with Crippen molar-refractivity contribution in [3.8, 4) is 23.0 Å². The minimum Gasteiger partial charge on any atom is -0.423 e.